The molecule has 0 aliphatic heterocycles. The van der Waals surface area contributed by atoms with Gasteiger partial charge in [-0.25, -0.2) is 8.42 Å². The van der Waals surface area contributed by atoms with E-state index in [9.17, 15) is 18.0 Å². The predicted octanol–water partition coefficient (Wildman–Crippen LogP) is 4.79. The minimum atomic E-state index is -3.93. The van der Waals surface area contributed by atoms with Gasteiger partial charge in [-0.1, -0.05) is 78.5 Å². The molecule has 7 nitrogen and oxygen atoms in total. The molecule has 2 aromatic rings. The van der Waals surface area contributed by atoms with Crippen LogP contribution in [0.1, 0.15) is 32.3 Å². The van der Waals surface area contributed by atoms with E-state index in [4.69, 9.17) is 34.8 Å². The van der Waals surface area contributed by atoms with Crippen molar-refractivity contribution in [2.45, 2.75) is 39.2 Å². The van der Waals surface area contributed by atoms with Crippen molar-refractivity contribution in [2.24, 2.45) is 0 Å². The van der Waals surface area contributed by atoms with Gasteiger partial charge in [-0.05, 0) is 37.5 Å². The van der Waals surface area contributed by atoms with Crippen LogP contribution < -0.4 is 9.62 Å². The first-order valence-electron chi connectivity index (χ1n) is 11.2. The molecule has 0 radical (unpaired) electrons. The van der Waals surface area contributed by atoms with Crippen molar-refractivity contribution in [3.8, 4) is 0 Å². The molecule has 0 bridgehead atoms. The van der Waals surface area contributed by atoms with Gasteiger partial charge in [-0.3, -0.25) is 13.9 Å². The molecule has 0 saturated carbocycles. The van der Waals surface area contributed by atoms with E-state index in [1.807, 2.05) is 37.3 Å². The molecule has 0 fully saturated rings. The fourth-order valence-electron chi connectivity index (χ4n) is 3.40. The van der Waals surface area contributed by atoms with Crippen LogP contribution in [0.3, 0.4) is 0 Å². The zero-order valence-corrected chi connectivity index (χ0v) is 23.0. The Labute approximate surface area is 222 Å². The second-order valence-electron chi connectivity index (χ2n) is 8.13. The van der Waals surface area contributed by atoms with Crippen LogP contribution in [0.5, 0.6) is 0 Å². The number of amides is 2. The van der Waals surface area contributed by atoms with E-state index in [1.54, 1.807) is 6.92 Å². The van der Waals surface area contributed by atoms with Crippen LogP contribution >= 0.6 is 34.8 Å². The average molecular weight is 563 g/mol. The van der Waals surface area contributed by atoms with E-state index in [1.165, 1.54) is 17.0 Å². The SMILES string of the molecule is CCCCNC(=O)[C@@H](C)N(CCc1ccccc1)C(=O)CN(c1cc(Cl)c(Cl)cc1Cl)S(C)(=O)=O. The molecule has 0 spiro atoms. The van der Waals surface area contributed by atoms with Gasteiger partial charge in [-0.15, -0.1) is 0 Å². The number of nitrogens with zero attached hydrogens (tertiary/aromatic N) is 2. The summed E-state index contributed by atoms with van der Waals surface area (Å²) in [6.07, 6.45) is 3.19. The van der Waals surface area contributed by atoms with Gasteiger partial charge in [0.1, 0.15) is 12.6 Å². The lowest BCUT2D eigenvalue weighted by Gasteiger charge is -2.31. The molecule has 35 heavy (non-hydrogen) atoms. The third-order valence-electron chi connectivity index (χ3n) is 5.42. The first-order chi connectivity index (χ1) is 16.5. The smallest absolute Gasteiger partial charge is 0.244 e. The highest BCUT2D eigenvalue weighted by molar-refractivity contribution is 7.92. The van der Waals surface area contributed by atoms with Gasteiger partial charge >= 0.3 is 0 Å². The highest BCUT2D eigenvalue weighted by Crippen LogP contribution is 2.35. The summed E-state index contributed by atoms with van der Waals surface area (Å²) in [5.41, 5.74) is 1.01. The molecule has 1 atom stereocenters. The summed E-state index contributed by atoms with van der Waals surface area (Å²) in [6.45, 7) is 3.80. The van der Waals surface area contributed by atoms with Crippen molar-refractivity contribution < 1.29 is 18.0 Å². The first-order valence-corrected chi connectivity index (χ1v) is 14.2. The zero-order chi connectivity index (χ0) is 26.2. The molecule has 0 saturated heterocycles. The van der Waals surface area contributed by atoms with Crippen molar-refractivity contribution in [2.75, 3.05) is 30.2 Å². The maximum Gasteiger partial charge on any atom is 0.244 e. The van der Waals surface area contributed by atoms with Crippen LogP contribution in [0.4, 0.5) is 5.69 Å². The minimum Gasteiger partial charge on any atom is -0.354 e. The standard InChI is InChI=1S/C24H30Cl3N3O4S/c1-4-5-12-28-24(32)17(2)29(13-11-18-9-7-6-8-10-18)23(31)16-30(35(3,33)34)22-15-20(26)19(25)14-21(22)27/h6-10,14-15,17H,4-5,11-13,16H2,1-3H3,(H,28,32)/t17-/m1/s1. The van der Waals surface area contributed by atoms with Crippen LogP contribution in [0.2, 0.25) is 15.1 Å². The molecule has 2 amide bonds. The summed E-state index contributed by atoms with van der Waals surface area (Å²) >= 11 is 18.3. The summed E-state index contributed by atoms with van der Waals surface area (Å²) < 4.78 is 26.1. The highest BCUT2D eigenvalue weighted by atomic mass is 35.5. The number of benzene rings is 2. The maximum atomic E-state index is 13.5. The minimum absolute atomic E-state index is 0.0267. The quantitative estimate of drug-likeness (QED) is 0.298. The Morgan fingerprint density at radius 2 is 1.66 bits per heavy atom. The average Bonchev–Trinajstić information content (AvgIpc) is 2.80. The van der Waals surface area contributed by atoms with Crippen molar-refractivity contribution >= 4 is 62.3 Å². The lowest BCUT2D eigenvalue weighted by atomic mass is 10.1. The normalized spacial score (nSPS) is 12.2. The number of halogens is 3. The van der Waals surface area contributed by atoms with Crippen LogP contribution in [0.15, 0.2) is 42.5 Å². The second kappa shape index (κ2) is 13.3. The molecule has 0 aliphatic rings. The van der Waals surface area contributed by atoms with Gasteiger partial charge < -0.3 is 10.2 Å². The third-order valence-corrected chi connectivity index (χ3v) is 7.57. The van der Waals surface area contributed by atoms with E-state index in [2.05, 4.69) is 5.32 Å². The maximum absolute atomic E-state index is 13.5. The largest absolute Gasteiger partial charge is 0.354 e. The van der Waals surface area contributed by atoms with E-state index < -0.39 is 28.5 Å². The Balaban J connectivity index is 2.34. The van der Waals surface area contributed by atoms with Crippen molar-refractivity contribution in [3.05, 3.63) is 63.1 Å². The van der Waals surface area contributed by atoms with E-state index in [0.717, 1.165) is 29.0 Å². The number of hydrogen-bond acceptors (Lipinski definition) is 4. The fourth-order valence-corrected chi connectivity index (χ4v) is 4.95. The number of carbonyl (C=O) groups is 2. The molecule has 2 aromatic carbocycles. The molecule has 0 unspecified atom stereocenters. The first kappa shape index (κ1) is 29.2. The molecule has 0 aliphatic carbocycles. The number of unbranched alkanes of at least 4 members (excludes halogenated alkanes) is 1. The number of sulfonamides is 1. The number of anilines is 1. The Kier molecular flexibility index (Phi) is 11.1. The summed E-state index contributed by atoms with van der Waals surface area (Å²) in [6, 6.07) is 11.3. The Hall–Kier alpha value is -2.00. The topological polar surface area (TPSA) is 86.8 Å². The van der Waals surface area contributed by atoms with Crippen LogP contribution in [0, 0.1) is 0 Å². The summed E-state index contributed by atoms with van der Waals surface area (Å²) in [5, 5.41) is 3.11. The van der Waals surface area contributed by atoms with Gasteiger partial charge in [-0.2, -0.15) is 0 Å². The summed E-state index contributed by atoms with van der Waals surface area (Å²) in [5.74, 6) is -0.857. The summed E-state index contributed by atoms with van der Waals surface area (Å²) in [7, 11) is -3.93. The Morgan fingerprint density at radius 3 is 2.26 bits per heavy atom. The fraction of sp³-hybridized carbons (Fsp3) is 0.417. The van der Waals surface area contributed by atoms with Gasteiger partial charge in [0.15, 0.2) is 0 Å². The number of rotatable bonds is 12. The van der Waals surface area contributed by atoms with Gasteiger partial charge in [0.2, 0.25) is 21.8 Å². The van der Waals surface area contributed by atoms with E-state index in [-0.39, 0.29) is 33.2 Å². The third kappa shape index (κ3) is 8.56. The molecule has 0 heterocycles. The second-order valence-corrected chi connectivity index (χ2v) is 11.3. The van der Waals surface area contributed by atoms with Gasteiger partial charge in [0.25, 0.3) is 0 Å². The predicted molar refractivity (Wildman–Crippen MR) is 143 cm³/mol. The van der Waals surface area contributed by atoms with Gasteiger partial charge in [0.05, 0.1) is 27.0 Å². The molecule has 0 aromatic heterocycles. The van der Waals surface area contributed by atoms with E-state index >= 15 is 0 Å². The highest BCUT2D eigenvalue weighted by Gasteiger charge is 2.30. The molecule has 192 valence electrons. The monoisotopic (exact) mass is 561 g/mol. The number of carbonyl (C=O) groups excluding carboxylic acids is 2. The summed E-state index contributed by atoms with van der Waals surface area (Å²) in [4.78, 5) is 27.6. The molecule has 11 heteroatoms. The van der Waals surface area contributed by atoms with Crippen LogP contribution in [-0.4, -0.2) is 57.1 Å². The molecular weight excluding hydrogens is 533 g/mol. The molecule has 2 rings (SSSR count). The van der Waals surface area contributed by atoms with Crippen molar-refractivity contribution in [3.63, 3.8) is 0 Å². The lowest BCUT2D eigenvalue weighted by molar-refractivity contribution is -0.138. The Morgan fingerprint density at radius 1 is 1.03 bits per heavy atom. The van der Waals surface area contributed by atoms with Gasteiger partial charge in [0, 0.05) is 13.1 Å². The molecular formula is C24H30Cl3N3O4S. The zero-order valence-electron chi connectivity index (χ0n) is 19.9. The number of nitrogens with one attached hydrogen (secondary N) is 1. The number of hydrogen-bond donors (Lipinski definition) is 1. The van der Waals surface area contributed by atoms with E-state index in [0.29, 0.717) is 13.0 Å². The molecule has 1 N–H and O–H groups in total. The lowest BCUT2D eigenvalue weighted by Crippen LogP contribution is -2.52. The van der Waals surface area contributed by atoms with Crippen molar-refractivity contribution in [1.82, 2.24) is 10.2 Å². The van der Waals surface area contributed by atoms with Crippen molar-refractivity contribution in [1.29, 1.82) is 0 Å². The van der Waals surface area contributed by atoms with Crippen LogP contribution in [0.25, 0.3) is 0 Å². The van der Waals surface area contributed by atoms with Crippen LogP contribution in [-0.2, 0) is 26.0 Å². The Bertz CT molecular complexity index is 1130.